The number of hydrogen-bond donors (Lipinski definition) is 0. The van der Waals surface area contributed by atoms with E-state index in [9.17, 15) is 4.79 Å². The van der Waals surface area contributed by atoms with Gasteiger partial charge in [0, 0.05) is 6.42 Å². The normalized spacial score (nSPS) is 45.2. The molecule has 4 aliphatic rings. The van der Waals surface area contributed by atoms with Gasteiger partial charge in [0.25, 0.3) is 0 Å². The molecule has 4 saturated carbocycles. The van der Waals surface area contributed by atoms with E-state index in [0.717, 1.165) is 30.3 Å². The van der Waals surface area contributed by atoms with Gasteiger partial charge in [0.2, 0.25) is 0 Å². The molecule has 4 bridgehead atoms. The van der Waals surface area contributed by atoms with Gasteiger partial charge in [0.1, 0.15) is 0 Å². The molecule has 2 unspecified atom stereocenters. The van der Waals surface area contributed by atoms with Gasteiger partial charge in [0.15, 0.2) is 5.78 Å². The molecule has 4 rings (SSSR count). The second-order valence-electron chi connectivity index (χ2n) is 7.98. The van der Waals surface area contributed by atoms with Crippen LogP contribution in [0.3, 0.4) is 0 Å². The first-order chi connectivity index (χ1) is 8.40. The predicted octanol–water partition coefficient (Wildman–Crippen LogP) is 4.52. The van der Waals surface area contributed by atoms with Crippen LogP contribution in [-0.2, 0) is 4.79 Å². The van der Waals surface area contributed by atoms with Gasteiger partial charge in [-0.2, -0.15) is 0 Å². The largest absolute Gasteiger partial charge is 0.295 e. The lowest BCUT2D eigenvalue weighted by Gasteiger charge is -2.61. The summed E-state index contributed by atoms with van der Waals surface area (Å²) in [7, 11) is 0. The highest BCUT2D eigenvalue weighted by Gasteiger charge is 2.55. The van der Waals surface area contributed by atoms with Gasteiger partial charge in [-0.25, -0.2) is 0 Å². The SMILES string of the molecule is C=C(C)C(=O)CCC12CC3CC(CC(C)(C3)C1)C2. The molecule has 4 fully saturated rings. The lowest BCUT2D eigenvalue weighted by Crippen LogP contribution is -2.50. The van der Waals surface area contributed by atoms with E-state index in [2.05, 4.69) is 13.5 Å². The van der Waals surface area contributed by atoms with Gasteiger partial charge in [-0.1, -0.05) is 13.5 Å². The summed E-state index contributed by atoms with van der Waals surface area (Å²) in [5, 5.41) is 0. The highest BCUT2D eigenvalue weighted by Crippen LogP contribution is 2.66. The minimum Gasteiger partial charge on any atom is -0.295 e. The number of carbonyl (C=O) groups is 1. The zero-order chi connectivity index (χ0) is 13.0. The molecule has 1 nitrogen and oxygen atoms in total. The molecule has 2 atom stereocenters. The molecule has 0 spiro atoms. The van der Waals surface area contributed by atoms with Crippen molar-refractivity contribution in [1.29, 1.82) is 0 Å². The summed E-state index contributed by atoms with van der Waals surface area (Å²) in [6.45, 7) is 8.13. The van der Waals surface area contributed by atoms with E-state index in [1.165, 1.54) is 38.5 Å². The Morgan fingerprint density at radius 1 is 1.22 bits per heavy atom. The van der Waals surface area contributed by atoms with Gasteiger partial charge in [0.05, 0.1) is 0 Å². The molecule has 0 heterocycles. The Bertz CT molecular complexity index is 378. The molecule has 0 radical (unpaired) electrons. The summed E-state index contributed by atoms with van der Waals surface area (Å²) in [4.78, 5) is 11.8. The van der Waals surface area contributed by atoms with E-state index in [-0.39, 0.29) is 5.78 Å². The molecule has 1 heteroatoms. The average molecular weight is 246 g/mol. The number of rotatable bonds is 4. The lowest BCUT2D eigenvalue weighted by molar-refractivity contribution is -0.122. The first-order valence-corrected chi connectivity index (χ1v) is 7.59. The molecule has 0 aromatic carbocycles. The van der Waals surface area contributed by atoms with Crippen molar-refractivity contribution in [2.24, 2.45) is 22.7 Å². The zero-order valence-corrected chi connectivity index (χ0v) is 11.9. The number of hydrogen-bond acceptors (Lipinski definition) is 1. The number of ketones is 1. The van der Waals surface area contributed by atoms with E-state index < -0.39 is 0 Å². The van der Waals surface area contributed by atoms with E-state index >= 15 is 0 Å². The topological polar surface area (TPSA) is 17.1 Å². The van der Waals surface area contributed by atoms with Crippen molar-refractivity contribution in [3.05, 3.63) is 12.2 Å². The minimum atomic E-state index is 0.288. The summed E-state index contributed by atoms with van der Waals surface area (Å²) in [5.41, 5.74) is 1.87. The third-order valence-corrected chi connectivity index (χ3v) is 5.83. The molecule has 18 heavy (non-hydrogen) atoms. The molecule has 0 aliphatic heterocycles. The smallest absolute Gasteiger partial charge is 0.158 e. The Hall–Kier alpha value is -0.590. The van der Waals surface area contributed by atoms with Crippen molar-refractivity contribution in [3.8, 4) is 0 Å². The third-order valence-electron chi connectivity index (χ3n) is 5.83. The quantitative estimate of drug-likeness (QED) is 0.667. The van der Waals surface area contributed by atoms with E-state index in [0.29, 0.717) is 10.8 Å². The summed E-state index contributed by atoms with van der Waals surface area (Å²) in [6, 6.07) is 0. The van der Waals surface area contributed by atoms with Gasteiger partial charge >= 0.3 is 0 Å². The Morgan fingerprint density at radius 2 is 1.83 bits per heavy atom. The fraction of sp³-hybridized carbons (Fsp3) is 0.824. The molecule has 0 amide bonds. The average Bonchev–Trinajstić information content (AvgIpc) is 2.22. The van der Waals surface area contributed by atoms with E-state index in [4.69, 9.17) is 0 Å². The van der Waals surface area contributed by atoms with E-state index in [1.54, 1.807) is 0 Å². The molecule has 0 aromatic heterocycles. The summed E-state index contributed by atoms with van der Waals surface area (Å²) in [6.07, 6.45) is 10.5. The maximum Gasteiger partial charge on any atom is 0.158 e. The molecular weight excluding hydrogens is 220 g/mol. The molecule has 100 valence electrons. The second kappa shape index (κ2) is 3.95. The van der Waals surface area contributed by atoms with Crippen LogP contribution in [0.15, 0.2) is 12.2 Å². The lowest BCUT2D eigenvalue weighted by atomic mass is 9.44. The maximum atomic E-state index is 11.8. The van der Waals surface area contributed by atoms with Crippen molar-refractivity contribution in [1.82, 2.24) is 0 Å². The molecule has 0 N–H and O–H groups in total. The standard InChI is InChI=1S/C17H26O/c1-12(2)15(18)4-5-17-9-13-6-14(10-17)8-16(3,7-13)11-17/h13-14H,1,4-11H2,2-3H3. The zero-order valence-electron chi connectivity index (χ0n) is 11.9. The maximum absolute atomic E-state index is 11.8. The predicted molar refractivity (Wildman–Crippen MR) is 74.3 cm³/mol. The van der Waals surface area contributed by atoms with E-state index in [1.807, 2.05) is 6.92 Å². The number of allylic oxidation sites excluding steroid dienone is 1. The van der Waals surface area contributed by atoms with Crippen molar-refractivity contribution >= 4 is 5.78 Å². The van der Waals surface area contributed by atoms with Crippen molar-refractivity contribution in [2.75, 3.05) is 0 Å². The molecular formula is C17H26O. The van der Waals surface area contributed by atoms with Gasteiger partial charge < -0.3 is 0 Å². The second-order valence-corrected chi connectivity index (χ2v) is 7.98. The van der Waals surface area contributed by atoms with Crippen LogP contribution in [0.5, 0.6) is 0 Å². The number of Topliss-reactive ketones (excluding diaryl/α,β-unsaturated/α-hetero) is 1. The van der Waals surface area contributed by atoms with Crippen LogP contribution in [-0.4, -0.2) is 5.78 Å². The van der Waals surface area contributed by atoms with Crippen LogP contribution < -0.4 is 0 Å². The van der Waals surface area contributed by atoms with Crippen LogP contribution in [0.25, 0.3) is 0 Å². The summed E-state index contributed by atoms with van der Waals surface area (Å²) in [5.74, 6) is 2.23. The van der Waals surface area contributed by atoms with Gasteiger partial charge in [-0.15, -0.1) is 0 Å². The summed E-state index contributed by atoms with van der Waals surface area (Å²) < 4.78 is 0. The Morgan fingerprint density at radius 3 is 2.33 bits per heavy atom. The van der Waals surface area contributed by atoms with Crippen LogP contribution in [0.1, 0.15) is 65.2 Å². The molecule has 0 saturated heterocycles. The van der Waals surface area contributed by atoms with Crippen LogP contribution in [0.2, 0.25) is 0 Å². The third kappa shape index (κ3) is 2.06. The fourth-order valence-electron chi connectivity index (χ4n) is 5.81. The highest BCUT2D eigenvalue weighted by atomic mass is 16.1. The van der Waals surface area contributed by atoms with Crippen molar-refractivity contribution in [3.63, 3.8) is 0 Å². The fourth-order valence-corrected chi connectivity index (χ4v) is 5.81. The number of carbonyl (C=O) groups excluding carboxylic acids is 1. The molecule has 0 aromatic rings. The van der Waals surface area contributed by atoms with Gasteiger partial charge in [-0.3, -0.25) is 4.79 Å². The van der Waals surface area contributed by atoms with Gasteiger partial charge in [-0.05, 0) is 80.1 Å². The highest BCUT2D eigenvalue weighted by molar-refractivity contribution is 5.94. The first kappa shape index (κ1) is 12.4. The Labute approximate surface area is 111 Å². The Balaban J connectivity index is 1.71. The van der Waals surface area contributed by atoms with Crippen molar-refractivity contribution < 1.29 is 4.79 Å². The molecule has 4 aliphatic carbocycles. The Kier molecular flexibility index (Phi) is 2.73. The summed E-state index contributed by atoms with van der Waals surface area (Å²) >= 11 is 0. The van der Waals surface area contributed by atoms with Crippen molar-refractivity contribution in [2.45, 2.75) is 65.2 Å². The minimum absolute atomic E-state index is 0.288. The van der Waals surface area contributed by atoms with Crippen LogP contribution in [0, 0.1) is 22.7 Å². The monoisotopic (exact) mass is 246 g/mol. The van der Waals surface area contributed by atoms with Crippen LogP contribution >= 0.6 is 0 Å². The first-order valence-electron chi connectivity index (χ1n) is 7.59. The van der Waals surface area contributed by atoms with Crippen LogP contribution in [0.4, 0.5) is 0 Å².